The third-order valence-electron chi connectivity index (χ3n) is 6.98. The zero-order valence-electron chi connectivity index (χ0n) is 21.2. The smallest absolute Gasteiger partial charge is 0.0314 e. The third kappa shape index (κ3) is 6.76. The fraction of sp³-hybridized carbons (Fsp3) is 0.273. The van der Waals surface area contributed by atoms with Gasteiger partial charge in [0.25, 0.3) is 0 Å². The van der Waals surface area contributed by atoms with Crippen LogP contribution in [0.2, 0.25) is 0 Å². The topological polar surface area (TPSA) is 52.0 Å². The van der Waals surface area contributed by atoms with E-state index in [1.807, 2.05) is 24.3 Å². The molecule has 4 aromatic rings. The molecule has 4 rings (SSSR count). The van der Waals surface area contributed by atoms with Gasteiger partial charge < -0.3 is 11.5 Å². The highest BCUT2D eigenvalue weighted by atomic mass is 14.5. The van der Waals surface area contributed by atoms with Crippen LogP contribution in [-0.4, -0.2) is 0 Å². The molecule has 0 radical (unpaired) electrons. The minimum Gasteiger partial charge on any atom is -0.399 e. The molecule has 0 heterocycles. The predicted molar refractivity (Wildman–Crippen MR) is 151 cm³/mol. The lowest BCUT2D eigenvalue weighted by Gasteiger charge is -2.13. The molecule has 0 aliphatic carbocycles. The SMILES string of the molecule is CCc1cc(CCCc2ccc(Cc3ccc(N)cc3)c(CC)c2)ccc1Cc1ccc(N)cc1. The zero-order valence-corrected chi connectivity index (χ0v) is 21.2. The Balaban J connectivity index is 1.36. The van der Waals surface area contributed by atoms with E-state index in [0.717, 1.165) is 49.9 Å². The van der Waals surface area contributed by atoms with Crippen molar-refractivity contribution in [2.75, 3.05) is 11.5 Å². The molecule has 0 fully saturated rings. The molecule has 35 heavy (non-hydrogen) atoms. The van der Waals surface area contributed by atoms with E-state index in [2.05, 4.69) is 74.5 Å². The van der Waals surface area contributed by atoms with Crippen molar-refractivity contribution < 1.29 is 0 Å². The van der Waals surface area contributed by atoms with Crippen LogP contribution in [0.1, 0.15) is 64.8 Å². The number of nitrogens with two attached hydrogens (primary N) is 2. The van der Waals surface area contributed by atoms with Crippen molar-refractivity contribution in [3.8, 4) is 0 Å². The van der Waals surface area contributed by atoms with Crippen molar-refractivity contribution in [2.45, 2.75) is 58.8 Å². The van der Waals surface area contributed by atoms with Gasteiger partial charge in [-0.3, -0.25) is 0 Å². The van der Waals surface area contributed by atoms with Gasteiger partial charge in [0.2, 0.25) is 0 Å². The number of rotatable bonds is 10. The van der Waals surface area contributed by atoms with Gasteiger partial charge in [-0.25, -0.2) is 0 Å². The van der Waals surface area contributed by atoms with E-state index < -0.39 is 0 Å². The minimum absolute atomic E-state index is 0.822. The summed E-state index contributed by atoms with van der Waals surface area (Å²) in [7, 11) is 0. The van der Waals surface area contributed by atoms with E-state index in [4.69, 9.17) is 11.5 Å². The molecule has 0 unspecified atom stereocenters. The molecule has 0 saturated heterocycles. The van der Waals surface area contributed by atoms with Crippen LogP contribution in [0.5, 0.6) is 0 Å². The molecular formula is C33H38N2. The summed E-state index contributed by atoms with van der Waals surface area (Å²) in [4.78, 5) is 0. The first-order chi connectivity index (χ1) is 17.0. The van der Waals surface area contributed by atoms with E-state index in [-0.39, 0.29) is 0 Å². The standard InChI is InChI=1S/C33H38N2/c1-3-28-20-24(8-14-30(28)22-26-10-16-32(34)17-11-26)6-5-7-25-9-15-31(29(4-2)21-25)23-27-12-18-33(35)19-13-27/h8-21H,3-7,22-23,34-35H2,1-2H3. The molecule has 180 valence electrons. The van der Waals surface area contributed by atoms with Gasteiger partial charge in [-0.1, -0.05) is 74.5 Å². The number of benzene rings is 4. The second-order valence-electron chi connectivity index (χ2n) is 9.60. The Hall–Kier alpha value is -3.52. The van der Waals surface area contributed by atoms with Crippen molar-refractivity contribution >= 4 is 11.4 Å². The number of aryl methyl sites for hydroxylation is 4. The molecule has 0 saturated carbocycles. The summed E-state index contributed by atoms with van der Waals surface area (Å²) in [5, 5.41) is 0. The summed E-state index contributed by atoms with van der Waals surface area (Å²) in [6.45, 7) is 4.51. The molecule has 2 heteroatoms. The maximum Gasteiger partial charge on any atom is 0.0314 e. The minimum atomic E-state index is 0.822. The van der Waals surface area contributed by atoms with Crippen LogP contribution in [0.15, 0.2) is 84.9 Å². The van der Waals surface area contributed by atoms with Gasteiger partial charge in [0.1, 0.15) is 0 Å². The van der Waals surface area contributed by atoms with Crippen LogP contribution in [0, 0.1) is 0 Å². The first-order valence-electron chi connectivity index (χ1n) is 12.9. The Labute approximate surface area is 211 Å². The average Bonchev–Trinajstić information content (AvgIpc) is 2.88. The van der Waals surface area contributed by atoms with Gasteiger partial charge in [0, 0.05) is 11.4 Å². The maximum atomic E-state index is 5.84. The Kier molecular flexibility index (Phi) is 8.26. The largest absolute Gasteiger partial charge is 0.399 e. The van der Waals surface area contributed by atoms with Gasteiger partial charge in [0.15, 0.2) is 0 Å². The lowest BCUT2D eigenvalue weighted by molar-refractivity contribution is 0.815. The van der Waals surface area contributed by atoms with Gasteiger partial charge >= 0.3 is 0 Å². The maximum absolute atomic E-state index is 5.84. The molecule has 0 aromatic heterocycles. The Morgan fingerprint density at radius 1 is 0.457 bits per heavy atom. The highest BCUT2D eigenvalue weighted by Crippen LogP contribution is 2.22. The quantitative estimate of drug-likeness (QED) is 0.242. The fourth-order valence-electron chi connectivity index (χ4n) is 4.88. The number of nitrogen functional groups attached to an aromatic ring is 2. The molecule has 4 aromatic carbocycles. The number of hydrogen-bond acceptors (Lipinski definition) is 2. The molecule has 0 aliphatic heterocycles. The monoisotopic (exact) mass is 462 g/mol. The Bertz CT molecular complexity index is 1140. The van der Waals surface area contributed by atoms with Crippen molar-refractivity contribution in [3.05, 3.63) is 129 Å². The Morgan fingerprint density at radius 3 is 1.20 bits per heavy atom. The first-order valence-corrected chi connectivity index (χ1v) is 12.9. The van der Waals surface area contributed by atoms with Gasteiger partial charge in [-0.15, -0.1) is 0 Å². The number of anilines is 2. The average molecular weight is 463 g/mol. The van der Waals surface area contributed by atoms with E-state index in [1.54, 1.807) is 0 Å². The normalized spacial score (nSPS) is 11.0. The molecule has 0 bridgehead atoms. The van der Waals surface area contributed by atoms with Crippen molar-refractivity contribution in [1.29, 1.82) is 0 Å². The summed E-state index contributed by atoms with van der Waals surface area (Å²) in [5.41, 5.74) is 24.6. The van der Waals surface area contributed by atoms with Crippen LogP contribution in [-0.2, 0) is 38.5 Å². The first kappa shape index (κ1) is 24.6. The number of hydrogen-bond donors (Lipinski definition) is 2. The molecule has 0 aliphatic rings. The Morgan fingerprint density at radius 2 is 0.829 bits per heavy atom. The van der Waals surface area contributed by atoms with Crippen LogP contribution in [0.4, 0.5) is 11.4 Å². The lowest BCUT2D eigenvalue weighted by atomic mass is 9.93. The van der Waals surface area contributed by atoms with Crippen LogP contribution in [0.3, 0.4) is 0 Å². The third-order valence-corrected chi connectivity index (χ3v) is 6.98. The molecule has 0 amide bonds. The van der Waals surface area contributed by atoms with Crippen LogP contribution in [0.25, 0.3) is 0 Å². The molecule has 4 N–H and O–H groups in total. The van der Waals surface area contributed by atoms with E-state index in [1.165, 1.54) is 50.9 Å². The fourth-order valence-corrected chi connectivity index (χ4v) is 4.88. The van der Waals surface area contributed by atoms with Crippen molar-refractivity contribution in [2.24, 2.45) is 0 Å². The van der Waals surface area contributed by atoms with Crippen molar-refractivity contribution in [1.82, 2.24) is 0 Å². The van der Waals surface area contributed by atoms with E-state index in [9.17, 15) is 0 Å². The molecule has 0 atom stereocenters. The van der Waals surface area contributed by atoms with Crippen LogP contribution < -0.4 is 11.5 Å². The predicted octanol–water partition coefficient (Wildman–Crippen LogP) is 7.33. The van der Waals surface area contributed by atoms with E-state index in [0.29, 0.717) is 0 Å². The summed E-state index contributed by atoms with van der Waals surface area (Å²) in [6.07, 6.45) is 7.45. The summed E-state index contributed by atoms with van der Waals surface area (Å²) >= 11 is 0. The second kappa shape index (κ2) is 11.8. The summed E-state index contributed by atoms with van der Waals surface area (Å²) < 4.78 is 0. The van der Waals surface area contributed by atoms with Gasteiger partial charge in [-0.2, -0.15) is 0 Å². The molecular weight excluding hydrogens is 424 g/mol. The summed E-state index contributed by atoms with van der Waals surface area (Å²) in [5.74, 6) is 0. The van der Waals surface area contributed by atoms with Crippen LogP contribution >= 0.6 is 0 Å². The lowest BCUT2D eigenvalue weighted by Crippen LogP contribution is -1.99. The van der Waals surface area contributed by atoms with Gasteiger partial charge in [0.05, 0.1) is 0 Å². The summed E-state index contributed by atoms with van der Waals surface area (Å²) in [6, 6.07) is 30.6. The van der Waals surface area contributed by atoms with E-state index >= 15 is 0 Å². The molecule has 2 nitrogen and oxygen atoms in total. The second-order valence-corrected chi connectivity index (χ2v) is 9.60. The highest BCUT2D eigenvalue weighted by Gasteiger charge is 2.07. The molecule has 0 spiro atoms. The van der Waals surface area contributed by atoms with Gasteiger partial charge in [-0.05, 0) is 114 Å². The zero-order chi connectivity index (χ0) is 24.6. The van der Waals surface area contributed by atoms with Crippen molar-refractivity contribution in [3.63, 3.8) is 0 Å². The highest BCUT2D eigenvalue weighted by molar-refractivity contribution is 5.43.